The second-order valence-electron chi connectivity index (χ2n) is 4.14. The molecule has 0 amide bonds. The molecule has 1 heteroatoms. The van der Waals surface area contributed by atoms with Crippen molar-refractivity contribution in [2.75, 3.05) is 0 Å². The molecule has 2 atom stereocenters. The fourth-order valence-electron chi connectivity index (χ4n) is 1.94. The fraction of sp³-hybridized carbons (Fsp3) is 0.636. The van der Waals surface area contributed by atoms with Crippen molar-refractivity contribution < 1.29 is 5.11 Å². The van der Waals surface area contributed by atoms with Gasteiger partial charge >= 0.3 is 0 Å². The van der Waals surface area contributed by atoms with E-state index in [0.717, 1.165) is 17.6 Å². The van der Waals surface area contributed by atoms with Crippen molar-refractivity contribution in [2.24, 2.45) is 11.3 Å². The fourth-order valence-corrected chi connectivity index (χ4v) is 1.94. The molecule has 0 unspecified atom stereocenters. The average Bonchev–Trinajstić information content (AvgIpc) is 2.15. The summed E-state index contributed by atoms with van der Waals surface area (Å²) in [6.45, 7) is 14.2. The molecule has 1 fully saturated rings. The van der Waals surface area contributed by atoms with Gasteiger partial charge in [0, 0.05) is 11.3 Å². The number of hydrogen-bond donors (Lipinski definition) is 1. The summed E-state index contributed by atoms with van der Waals surface area (Å²) in [5.74, 6) is 0.215. The Morgan fingerprint density at radius 1 is 1.33 bits per heavy atom. The Kier molecular flexibility index (Phi) is 2.17. The van der Waals surface area contributed by atoms with Crippen molar-refractivity contribution in [1.29, 1.82) is 0 Å². The van der Waals surface area contributed by atoms with Crippen LogP contribution in [0.5, 0.6) is 0 Å². The van der Waals surface area contributed by atoms with E-state index in [-0.39, 0.29) is 17.4 Å². The second-order valence-corrected chi connectivity index (χ2v) is 4.14. The molecule has 0 spiro atoms. The van der Waals surface area contributed by atoms with Crippen LogP contribution in [0.25, 0.3) is 0 Å². The van der Waals surface area contributed by atoms with Gasteiger partial charge in [-0.25, -0.2) is 0 Å². The smallest absolute Gasteiger partial charge is 0.0821 e. The lowest BCUT2D eigenvalue weighted by atomic mass is 9.83. The van der Waals surface area contributed by atoms with Gasteiger partial charge in [-0.1, -0.05) is 39.5 Å². The van der Waals surface area contributed by atoms with Gasteiger partial charge < -0.3 is 5.11 Å². The Labute approximate surface area is 74.8 Å². The standard InChI is InChI=1S/C11H18O/c1-6-9-7(2)11(4,5)8(3)10(9)12/h9-10,12H,2-3,6H2,1,4-5H3/t9-,10-/m0/s1. The number of hydrogen-bond acceptors (Lipinski definition) is 1. The van der Waals surface area contributed by atoms with Crippen LogP contribution in [0.4, 0.5) is 0 Å². The van der Waals surface area contributed by atoms with Crippen LogP contribution in [0.3, 0.4) is 0 Å². The minimum atomic E-state index is -0.377. The zero-order chi connectivity index (χ0) is 9.52. The highest BCUT2D eigenvalue weighted by molar-refractivity contribution is 5.37. The third-order valence-corrected chi connectivity index (χ3v) is 3.23. The monoisotopic (exact) mass is 166 g/mol. The van der Waals surface area contributed by atoms with Crippen LogP contribution in [0, 0.1) is 11.3 Å². The largest absolute Gasteiger partial charge is 0.388 e. The maximum absolute atomic E-state index is 9.80. The Balaban J connectivity index is 3.02. The minimum absolute atomic E-state index is 0.0832. The summed E-state index contributed by atoms with van der Waals surface area (Å²) in [5, 5.41) is 9.80. The summed E-state index contributed by atoms with van der Waals surface area (Å²) < 4.78 is 0. The molecule has 0 bridgehead atoms. The number of rotatable bonds is 1. The Morgan fingerprint density at radius 2 is 1.83 bits per heavy atom. The van der Waals surface area contributed by atoms with E-state index >= 15 is 0 Å². The molecule has 0 aromatic rings. The lowest BCUT2D eigenvalue weighted by molar-refractivity contribution is 0.172. The van der Waals surface area contributed by atoms with Gasteiger partial charge in [-0.2, -0.15) is 0 Å². The maximum atomic E-state index is 9.80. The summed E-state index contributed by atoms with van der Waals surface area (Å²) >= 11 is 0. The summed E-state index contributed by atoms with van der Waals surface area (Å²) in [6, 6.07) is 0. The van der Waals surface area contributed by atoms with Crippen molar-refractivity contribution in [2.45, 2.75) is 33.3 Å². The van der Waals surface area contributed by atoms with Gasteiger partial charge in [0.05, 0.1) is 6.10 Å². The minimum Gasteiger partial charge on any atom is -0.388 e. The molecule has 1 rings (SSSR count). The van der Waals surface area contributed by atoms with E-state index in [2.05, 4.69) is 33.9 Å². The van der Waals surface area contributed by atoms with E-state index in [9.17, 15) is 5.11 Å². The van der Waals surface area contributed by atoms with Crippen LogP contribution >= 0.6 is 0 Å². The first-order chi connectivity index (χ1) is 5.42. The molecule has 1 saturated carbocycles. The maximum Gasteiger partial charge on any atom is 0.0821 e. The van der Waals surface area contributed by atoms with Crippen molar-refractivity contribution >= 4 is 0 Å². The molecule has 0 radical (unpaired) electrons. The Hall–Kier alpha value is -0.560. The molecule has 0 aromatic heterocycles. The van der Waals surface area contributed by atoms with E-state index in [1.807, 2.05) is 0 Å². The van der Waals surface area contributed by atoms with Gasteiger partial charge in [-0.15, -0.1) is 0 Å². The molecule has 1 aliphatic carbocycles. The molecule has 0 aliphatic heterocycles. The van der Waals surface area contributed by atoms with Crippen LogP contribution < -0.4 is 0 Å². The van der Waals surface area contributed by atoms with Crippen LogP contribution in [-0.2, 0) is 0 Å². The van der Waals surface area contributed by atoms with Crippen molar-refractivity contribution in [1.82, 2.24) is 0 Å². The summed E-state index contributed by atoms with van der Waals surface area (Å²) in [4.78, 5) is 0. The van der Waals surface area contributed by atoms with E-state index < -0.39 is 0 Å². The van der Waals surface area contributed by atoms with Gasteiger partial charge in [0.25, 0.3) is 0 Å². The van der Waals surface area contributed by atoms with Crippen LogP contribution in [0.2, 0.25) is 0 Å². The SMILES string of the molecule is C=C1[C@H](O)[C@@H](CC)C(=C)C1(C)C. The molecular formula is C11H18O. The summed E-state index contributed by atoms with van der Waals surface area (Å²) in [5.41, 5.74) is 1.96. The normalized spacial score (nSPS) is 34.3. The first-order valence-electron chi connectivity index (χ1n) is 4.49. The number of aliphatic hydroxyl groups is 1. The first-order valence-corrected chi connectivity index (χ1v) is 4.49. The van der Waals surface area contributed by atoms with Gasteiger partial charge in [0.2, 0.25) is 0 Å². The third kappa shape index (κ3) is 1.04. The van der Waals surface area contributed by atoms with Crippen molar-refractivity contribution in [3.05, 3.63) is 24.3 Å². The van der Waals surface area contributed by atoms with Gasteiger partial charge in [0.15, 0.2) is 0 Å². The van der Waals surface area contributed by atoms with Crippen molar-refractivity contribution in [3.63, 3.8) is 0 Å². The second kappa shape index (κ2) is 2.74. The summed E-state index contributed by atoms with van der Waals surface area (Å²) in [6.07, 6.45) is 0.570. The topological polar surface area (TPSA) is 20.2 Å². The lowest BCUT2D eigenvalue weighted by Gasteiger charge is -2.21. The molecule has 68 valence electrons. The zero-order valence-electron chi connectivity index (χ0n) is 8.22. The van der Waals surface area contributed by atoms with Crippen LogP contribution in [-0.4, -0.2) is 11.2 Å². The molecule has 12 heavy (non-hydrogen) atoms. The Bertz CT molecular complexity index is 225. The van der Waals surface area contributed by atoms with E-state index in [1.165, 1.54) is 0 Å². The first kappa shape index (κ1) is 9.53. The molecule has 1 N–H and O–H groups in total. The van der Waals surface area contributed by atoms with Gasteiger partial charge in [0.1, 0.15) is 0 Å². The van der Waals surface area contributed by atoms with E-state index in [4.69, 9.17) is 0 Å². The van der Waals surface area contributed by atoms with Gasteiger partial charge in [-0.05, 0) is 12.0 Å². The van der Waals surface area contributed by atoms with E-state index in [1.54, 1.807) is 0 Å². The van der Waals surface area contributed by atoms with E-state index in [0.29, 0.717) is 0 Å². The molecule has 1 aliphatic rings. The molecule has 1 nitrogen and oxygen atoms in total. The third-order valence-electron chi connectivity index (χ3n) is 3.23. The highest BCUT2D eigenvalue weighted by Crippen LogP contribution is 2.49. The van der Waals surface area contributed by atoms with Crippen LogP contribution in [0.1, 0.15) is 27.2 Å². The van der Waals surface area contributed by atoms with Gasteiger partial charge in [-0.3, -0.25) is 0 Å². The number of aliphatic hydroxyl groups excluding tert-OH is 1. The highest BCUT2D eigenvalue weighted by Gasteiger charge is 2.43. The predicted octanol–water partition coefficient (Wildman–Crippen LogP) is 2.53. The Morgan fingerprint density at radius 3 is 2.00 bits per heavy atom. The summed E-state index contributed by atoms with van der Waals surface area (Å²) in [7, 11) is 0. The average molecular weight is 166 g/mol. The predicted molar refractivity (Wildman–Crippen MR) is 51.8 cm³/mol. The molecule has 0 saturated heterocycles. The molecule has 0 aromatic carbocycles. The van der Waals surface area contributed by atoms with Crippen LogP contribution in [0.15, 0.2) is 24.3 Å². The molecule has 0 heterocycles. The lowest BCUT2D eigenvalue weighted by Crippen LogP contribution is -2.14. The molecular weight excluding hydrogens is 148 g/mol. The highest BCUT2D eigenvalue weighted by atomic mass is 16.3. The zero-order valence-corrected chi connectivity index (χ0v) is 8.22. The quantitative estimate of drug-likeness (QED) is 0.593. The van der Waals surface area contributed by atoms with Crippen molar-refractivity contribution in [3.8, 4) is 0 Å².